The van der Waals surface area contributed by atoms with Gasteiger partial charge >= 0.3 is 34.4 Å². The maximum atomic E-state index is 13.1. The molecule has 0 aliphatic carbocycles. The summed E-state index contributed by atoms with van der Waals surface area (Å²) in [6.45, 7) is 5.07. The maximum absolute atomic E-state index is 13.1. The maximum Gasteiger partial charge on any atom is 0.508 e. The summed E-state index contributed by atoms with van der Waals surface area (Å²) in [5.74, 6) is 0.922. The Morgan fingerprint density at radius 2 is 0.828 bits per heavy atom. The lowest BCUT2D eigenvalue weighted by Gasteiger charge is -2.23. The Labute approximate surface area is 660 Å². The summed E-state index contributed by atoms with van der Waals surface area (Å²) in [7, 11) is 0. The van der Waals surface area contributed by atoms with Crippen LogP contribution >= 0.6 is 0 Å². The fourth-order valence-corrected chi connectivity index (χ4v) is 16.1. The molecule has 564 valence electrons. The molecular formula is C94H74N13O9+5. The molecule has 0 N–H and O–H groups in total. The van der Waals surface area contributed by atoms with E-state index >= 15 is 0 Å². The number of rotatable bonds is 10. The SMILES string of the molecule is CCOC(=O)c1ccc(-[n+]2cc3cccc4ccn(c2=O)c43)cc1.O=c1n2ccc3cccc(c[n+]1-c1ccc(N4CCCC4)cc1)c32.O=c1n2ccc3cccc(c[n+]1-c1cccc4ccncc14)c32.O=c1n2ccc3cccc(c[n+]1-c1ccccc1OC1CCCCO1)c32.O=c1n2ccc3cccc(c[n+]1-c1ccccn1)c32. The molecule has 0 spiro atoms. The van der Waals surface area contributed by atoms with Crippen molar-refractivity contribution in [3.05, 3.63) is 375 Å². The van der Waals surface area contributed by atoms with Gasteiger partial charge in [-0.05, 0) is 178 Å². The largest absolute Gasteiger partial charge is 0.508 e. The highest BCUT2D eigenvalue weighted by molar-refractivity contribution is 5.99. The van der Waals surface area contributed by atoms with Crippen molar-refractivity contribution in [1.29, 1.82) is 0 Å². The van der Waals surface area contributed by atoms with Crippen LogP contribution in [0.3, 0.4) is 0 Å². The van der Waals surface area contributed by atoms with E-state index in [0.717, 1.165) is 148 Å². The Balaban J connectivity index is 0.0000000970. The van der Waals surface area contributed by atoms with E-state index in [2.05, 4.69) is 33.1 Å². The highest BCUT2D eigenvalue weighted by atomic mass is 16.7. The first-order chi connectivity index (χ1) is 57.0. The third-order valence-corrected chi connectivity index (χ3v) is 21.7. The van der Waals surface area contributed by atoms with Crippen molar-refractivity contribution in [2.45, 2.75) is 45.3 Å². The predicted octanol–water partition coefficient (Wildman–Crippen LogP) is 12.5. The molecule has 116 heavy (non-hydrogen) atoms. The topological polar surface area (TPSA) is 201 Å². The van der Waals surface area contributed by atoms with Crippen molar-refractivity contribution in [3.63, 3.8) is 0 Å². The summed E-state index contributed by atoms with van der Waals surface area (Å²) >= 11 is 0. The number of nitrogens with zero attached hydrogens (tertiary/aromatic N) is 13. The lowest BCUT2D eigenvalue weighted by molar-refractivity contribution is -0.618. The Morgan fingerprint density at radius 3 is 1.31 bits per heavy atom. The minimum absolute atomic E-state index is 0.0300. The van der Waals surface area contributed by atoms with Gasteiger partial charge in [-0.3, -0.25) is 4.98 Å². The number of anilines is 1. The average molecular weight is 1530 g/mol. The van der Waals surface area contributed by atoms with Crippen LogP contribution in [0.2, 0.25) is 0 Å². The molecule has 21 aromatic rings. The first-order valence-electron chi connectivity index (χ1n) is 38.6. The standard InChI is InChI=1S/C21H19N2O3.C20H18N3O.C19H12N3O.C19H15N2O3.C15H10N3O/c24-21-22-12-11-15-6-5-7-16(20(15)22)14-23(21)17-8-1-2-9-18(17)26-19-10-3-4-13-25-19;24-20-22-13-10-15-4-3-5-16(19(15)22)14-23(20)18-8-6-17(7-9-18)21-11-1-2-12-21;23-19-21-10-8-14-4-1-5-15(18(14)21)12-22(19)17-6-2-3-13-7-9-20-11-16(13)17;1-2-24-18(22)14-6-8-16(9-7-14)21-12-15-5-3-4-13-10-11-20(17(13)15)19(21)23;19-15-17-9-7-11-4-3-5-12(14(11)17)10-18(15)13-6-1-2-8-16-13/h1-2,5-9,11-12,14,19H,3-4,10,13H2;3-10,13-14H,1-2,11-12H2;1-12H;3-12H,2H2,1H3;1-10H/q5*+1. The molecule has 14 heterocycles. The number of benzene rings is 9. The van der Waals surface area contributed by atoms with Crippen molar-refractivity contribution in [3.8, 4) is 34.3 Å². The van der Waals surface area contributed by atoms with E-state index in [1.165, 1.54) is 18.5 Å². The number of ether oxygens (including phenoxy) is 3. The number of carbonyl (C=O) groups is 1. The van der Waals surface area contributed by atoms with Crippen LogP contribution in [0, 0.1) is 0 Å². The van der Waals surface area contributed by atoms with Crippen molar-refractivity contribution in [2.75, 3.05) is 31.2 Å². The first-order valence-corrected chi connectivity index (χ1v) is 38.6. The van der Waals surface area contributed by atoms with Crippen LogP contribution < -0.4 is 60.9 Å². The number of esters is 1. The molecule has 2 fully saturated rings. The van der Waals surface area contributed by atoms with E-state index in [4.69, 9.17) is 14.2 Å². The van der Waals surface area contributed by atoms with Gasteiger partial charge in [0.1, 0.15) is 78.4 Å². The van der Waals surface area contributed by atoms with Gasteiger partial charge in [0.2, 0.25) is 0 Å². The molecule has 0 saturated carbocycles. The fourth-order valence-electron chi connectivity index (χ4n) is 16.1. The summed E-state index contributed by atoms with van der Waals surface area (Å²) < 4.78 is 33.4. The first kappa shape index (κ1) is 71.3. The molecule has 1 unspecified atom stereocenters. The Bertz CT molecular complexity index is 7540. The van der Waals surface area contributed by atoms with Crippen LogP contribution in [0.15, 0.2) is 341 Å². The van der Waals surface area contributed by atoms with Gasteiger partial charge in [0.05, 0.1) is 52.7 Å². The average Bonchev–Trinajstić information content (AvgIpc) is 1.56. The number of aromatic nitrogens is 12. The molecule has 1 atom stereocenters. The van der Waals surface area contributed by atoms with Crippen molar-refractivity contribution < 1.29 is 41.8 Å². The Kier molecular flexibility index (Phi) is 18.6. The number of pyridine rings is 2. The predicted molar refractivity (Wildman–Crippen MR) is 444 cm³/mol. The number of fused-ring (bicyclic) bond motifs is 1. The number of carbonyl (C=O) groups excluding carboxylic acids is 1. The van der Waals surface area contributed by atoms with Crippen molar-refractivity contribution >= 4 is 104 Å². The van der Waals surface area contributed by atoms with Gasteiger partial charge in [-0.1, -0.05) is 91.0 Å². The van der Waals surface area contributed by atoms with Crippen LogP contribution in [0.5, 0.6) is 5.75 Å². The molecule has 9 aromatic carbocycles. The van der Waals surface area contributed by atoms with Gasteiger partial charge in [0.25, 0.3) is 5.82 Å². The zero-order chi connectivity index (χ0) is 78.5. The van der Waals surface area contributed by atoms with E-state index in [1.54, 1.807) is 107 Å². The monoisotopic (exact) mass is 1530 g/mol. The van der Waals surface area contributed by atoms with E-state index in [-0.39, 0.29) is 40.7 Å². The van der Waals surface area contributed by atoms with Crippen LogP contribution in [-0.4, -0.2) is 70.5 Å². The van der Waals surface area contributed by atoms with Crippen LogP contribution in [0.4, 0.5) is 5.69 Å². The smallest absolute Gasteiger partial charge is 0.462 e. The third kappa shape index (κ3) is 13.0. The van der Waals surface area contributed by atoms with Crippen molar-refractivity contribution in [1.82, 2.24) is 32.0 Å². The molecular weight excluding hydrogens is 1460 g/mol. The summed E-state index contributed by atoms with van der Waals surface area (Å²) in [6, 6.07) is 76.1. The van der Waals surface area contributed by atoms with Gasteiger partial charge in [-0.15, -0.1) is 4.98 Å². The lowest BCUT2D eigenvalue weighted by Crippen LogP contribution is -2.50. The van der Waals surface area contributed by atoms with Gasteiger partial charge in [0.15, 0.2) is 39.8 Å². The van der Waals surface area contributed by atoms with Crippen molar-refractivity contribution in [2.24, 2.45) is 0 Å². The fraction of sp³-hybridized carbons (Fsp3) is 0.117. The van der Waals surface area contributed by atoms with Gasteiger partial charge in [0, 0.05) is 81.4 Å². The third-order valence-electron chi connectivity index (χ3n) is 21.7. The van der Waals surface area contributed by atoms with E-state index in [9.17, 15) is 28.8 Å². The molecule has 0 amide bonds. The summed E-state index contributed by atoms with van der Waals surface area (Å²) in [6.07, 6.45) is 29.1. The molecule has 2 aliphatic rings. The Morgan fingerprint density at radius 1 is 0.405 bits per heavy atom. The van der Waals surface area contributed by atoms with E-state index in [0.29, 0.717) is 29.4 Å². The van der Waals surface area contributed by atoms with Crippen LogP contribution in [-0.2, 0) is 9.47 Å². The number of hydrogen-bond acceptors (Lipinski definition) is 12. The Hall–Kier alpha value is -15.0. The van der Waals surface area contributed by atoms with Gasteiger partial charge < -0.3 is 19.1 Å². The van der Waals surface area contributed by atoms with E-state index in [1.807, 2.05) is 244 Å². The van der Waals surface area contributed by atoms with Gasteiger partial charge in [-0.2, -0.15) is 64.0 Å². The lowest BCUT2D eigenvalue weighted by atomic mass is 10.1. The van der Waals surface area contributed by atoms with E-state index < -0.39 is 0 Å². The van der Waals surface area contributed by atoms with Crippen LogP contribution in [0.25, 0.3) is 121 Å². The summed E-state index contributed by atoms with van der Waals surface area (Å²) in [5.41, 5.74) is 9.19. The quantitative estimate of drug-likeness (QED) is 0.0928. The minimum Gasteiger partial charge on any atom is -0.462 e. The number of para-hydroxylation sites is 7. The number of hydrogen-bond donors (Lipinski definition) is 0. The second-order valence-electron chi connectivity index (χ2n) is 28.7. The zero-order valence-electron chi connectivity index (χ0n) is 63.0. The van der Waals surface area contributed by atoms with Gasteiger partial charge in [-0.25, -0.2) is 9.59 Å². The second-order valence-corrected chi connectivity index (χ2v) is 28.7. The zero-order valence-corrected chi connectivity index (χ0v) is 63.0. The molecule has 12 aromatic heterocycles. The summed E-state index contributed by atoms with van der Waals surface area (Å²) in [5, 5.41) is 12.5. The second kappa shape index (κ2) is 30.2. The normalized spacial score (nSPS) is 13.6. The minimum atomic E-state index is -0.365. The highest BCUT2D eigenvalue weighted by Gasteiger charge is 2.27. The molecule has 2 aliphatic heterocycles. The molecule has 0 bridgehead atoms. The summed E-state index contributed by atoms with van der Waals surface area (Å²) in [4.78, 5) is 86.7. The molecule has 22 heteroatoms. The highest BCUT2D eigenvalue weighted by Crippen LogP contribution is 2.29. The molecule has 23 rings (SSSR count). The molecule has 22 nitrogen and oxygen atoms in total. The van der Waals surface area contributed by atoms with Crippen LogP contribution in [0.1, 0.15) is 49.4 Å². The molecule has 2 saturated heterocycles. The molecule has 0 radical (unpaired) electrons.